The Labute approximate surface area is 201 Å². The van der Waals surface area contributed by atoms with Crippen molar-refractivity contribution < 1.29 is 23.8 Å². The van der Waals surface area contributed by atoms with Crippen molar-refractivity contribution in [3.8, 4) is 11.5 Å². The van der Waals surface area contributed by atoms with Gasteiger partial charge in [-0.15, -0.1) is 0 Å². The molecule has 1 aliphatic heterocycles. The molecule has 0 spiro atoms. The van der Waals surface area contributed by atoms with E-state index in [0.717, 1.165) is 5.56 Å². The fourth-order valence-corrected chi connectivity index (χ4v) is 4.74. The molecule has 3 aromatic carbocycles. The van der Waals surface area contributed by atoms with E-state index in [1.54, 1.807) is 49.5 Å². The van der Waals surface area contributed by atoms with E-state index < -0.39 is 10.8 Å². The highest BCUT2D eigenvalue weighted by atomic mass is 35.5. The van der Waals surface area contributed by atoms with Gasteiger partial charge in [-0.3, -0.25) is 4.79 Å². The summed E-state index contributed by atoms with van der Waals surface area (Å²) in [7, 11) is 4.41. The number of ether oxygens (including phenoxy) is 3. The molecular weight excluding hydrogens is 465 g/mol. The third kappa shape index (κ3) is 3.79. The number of para-hydroxylation sites is 1. The highest BCUT2D eigenvalue weighted by Gasteiger charge is 2.52. The Morgan fingerprint density at radius 1 is 0.970 bits per heavy atom. The second-order valence-electron chi connectivity index (χ2n) is 7.43. The van der Waals surface area contributed by atoms with E-state index in [-0.39, 0.29) is 23.0 Å². The van der Waals surface area contributed by atoms with E-state index in [9.17, 15) is 9.59 Å². The first-order valence-electron chi connectivity index (χ1n) is 10.0. The first-order chi connectivity index (χ1) is 15.8. The molecule has 0 bridgehead atoms. The lowest BCUT2D eigenvalue weighted by molar-refractivity contribution is -0.119. The number of carbonyl (C=O) groups excluding carboxylic acids is 2. The third-order valence-corrected chi connectivity index (χ3v) is 6.59. The van der Waals surface area contributed by atoms with Crippen LogP contribution >= 0.6 is 23.2 Å². The lowest BCUT2D eigenvalue weighted by Gasteiger charge is -2.25. The summed E-state index contributed by atoms with van der Waals surface area (Å²) in [5.41, 5.74) is 2.56. The number of amides is 1. The number of rotatable bonds is 6. The average molecular weight is 486 g/mol. The second-order valence-corrected chi connectivity index (χ2v) is 8.41. The predicted molar refractivity (Wildman–Crippen MR) is 127 cm³/mol. The Morgan fingerprint density at radius 2 is 1.73 bits per heavy atom. The van der Waals surface area contributed by atoms with Crippen LogP contribution in [-0.4, -0.2) is 33.2 Å². The van der Waals surface area contributed by atoms with Crippen molar-refractivity contribution in [3.05, 3.63) is 87.9 Å². The van der Waals surface area contributed by atoms with Crippen LogP contribution in [0.15, 0.2) is 60.7 Å². The molecule has 1 atom stereocenters. The Morgan fingerprint density at radius 3 is 2.42 bits per heavy atom. The molecule has 0 aliphatic carbocycles. The minimum Gasteiger partial charge on any atom is -0.497 e. The van der Waals surface area contributed by atoms with Crippen LogP contribution in [0.3, 0.4) is 0 Å². The number of carbonyl (C=O) groups is 2. The number of nitrogens with zero attached hydrogens (tertiary/aromatic N) is 1. The van der Waals surface area contributed by atoms with Gasteiger partial charge in [0.15, 0.2) is 4.87 Å². The summed E-state index contributed by atoms with van der Waals surface area (Å²) in [5.74, 6) is 0.290. The van der Waals surface area contributed by atoms with Gasteiger partial charge in [0.1, 0.15) is 11.5 Å². The average Bonchev–Trinajstić information content (AvgIpc) is 3.06. The number of hydrogen-bond acceptors (Lipinski definition) is 5. The number of fused-ring (bicyclic) bond motifs is 1. The summed E-state index contributed by atoms with van der Waals surface area (Å²) in [6.07, 6.45) is 0. The molecule has 1 unspecified atom stereocenters. The Hall–Kier alpha value is -3.22. The molecule has 0 fully saturated rings. The first kappa shape index (κ1) is 23.0. The summed E-state index contributed by atoms with van der Waals surface area (Å²) < 4.78 is 15.6. The predicted octanol–water partition coefficient (Wildman–Crippen LogP) is 5.17. The van der Waals surface area contributed by atoms with Crippen LogP contribution in [0.25, 0.3) is 0 Å². The molecule has 170 valence electrons. The van der Waals surface area contributed by atoms with Crippen LogP contribution in [0.1, 0.15) is 27.0 Å². The Kier molecular flexibility index (Phi) is 6.23. The minimum atomic E-state index is -1.61. The number of methoxy groups -OCH3 is 3. The zero-order valence-electron chi connectivity index (χ0n) is 18.2. The molecule has 0 N–H and O–H groups in total. The number of hydrogen-bond donors (Lipinski definition) is 0. The summed E-state index contributed by atoms with van der Waals surface area (Å²) in [6.45, 7) is 0.214. The molecule has 1 heterocycles. The molecule has 1 amide bonds. The van der Waals surface area contributed by atoms with Crippen molar-refractivity contribution in [3.63, 3.8) is 0 Å². The van der Waals surface area contributed by atoms with E-state index in [1.807, 2.05) is 18.2 Å². The first-order valence-corrected chi connectivity index (χ1v) is 10.8. The summed E-state index contributed by atoms with van der Waals surface area (Å²) in [4.78, 5) is 26.0. The van der Waals surface area contributed by atoms with Crippen LogP contribution < -0.4 is 14.4 Å². The highest BCUT2D eigenvalue weighted by Crippen LogP contribution is 2.51. The van der Waals surface area contributed by atoms with Crippen LogP contribution in [0, 0.1) is 0 Å². The van der Waals surface area contributed by atoms with Gasteiger partial charge >= 0.3 is 5.97 Å². The van der Waals surface area contributed by atoms with Crippen LogP contribution in [0.2, 0.25) is 5.02 Å². The number of halogens is 2. The van der Waals surface area contributed by atoms with Crippen molar-refractivity contribution in [2.75, 3.05) is 26.2 Å². The SMILES string of the molecule is COC(=O)c1ccc(Cl)c(C2(Cl)C(=O)N(Cc3ccc(OC)cc3OC)c3ccccc32)c1. The van der Waals surface area contributed by atoms with Gasteiger partial charge in [0.25, 0.3) is 5.91 Å². The van der Waals surface area contributed by atoms with Crippen molar-refractivity contribution >= 4 is 40.8 Å². The molecule has 0 radical (unpaired) electrons. The molecule has 0 saturated heterocycles. The Balaban J connectivity index is 1.83. The number of benzene rings is 3. The van der Waals surface area contributed by atoms with Gasteiger partial charge in [-0.2, -0.15) is 0 Å². The third-order valence-electron chi connectivity index (χ3n) is 5.69. The van der Waals surface area contributed by atoms with Gasteiger partial charge in [0.05, 0.1) is 33.4 Å². The number of alkyl halides is 1. The standard InChI is InChI=1S/C25H21Cl2NO5/c1-31-17-10-8-16(22(13-17)32-2)14-28-21-7-5-4-6-18(21)25(27,24(28)30)19-12-15(23(29)33-3)9-11-20(19)26/h4-13H,14H2,1-3H3. The molecular formula is C25H21Cl2NO5. The zero-order chi connectivity index (χ0) is 23.8. The van der Waals surface area contributed by atoms with Crippen LogP contribution in [0.5, 0.6) is 11.5 Å². The van der Waals surface area contributed by atoms with Crippen molar-refractivity contribution in [1.29, 1.82) is 0 Å². The zero-order valence-corrected chi connectivity index (χ0v) is 19.7. The van der Waals surface area contributed by atoms with Crippen LogP contribution in [0.4, 0.5) is 5.69 Å². The fourth-order valence-electron chi connectivity index (χ4n) is 4.02. The summed E-state index contributed by atoms with van der Waals surface area (Å²) >= 11 is 13.6. The maximum absolute atomic E-state index is 13.9. The van der Waals surface area contributed by atoms with E-state index in [4.69, 9.17) is 37.4 Å². The topological polar surface area (TPSA) is 65.1 Å². The van der Waals surface area contributed by atoms with Gasteiger partial charge in [-0.25, -0.2) is 4.79 Å². The molecule has 6 nitrogen and oxygen atoms in total. The van der Waals surface area contributed by atoms with Gasteiger partial charge in [-0.1, -0.05) is 41.4 Å². The highest BCUT2D eigenvalue weighted by molar-refractivity contribution is 6.43. The second kappa shape index (κ2) is 8.96. The maximum atomic E-state index is 13.9. The Bertz CT molecular complexity index is 1250. The van der Waals surface area contributed by atoms with Crippen molar-refractivity contribution in [1.82, 2.24) is 0 Å². The lowest BCUT2D eigenvalue weighted by Crippen LogP contribution is -2.37. The normalized spacial score (nSPS) is 17.0. The van der Waals surface area contributed by atoms with Crippen molar-refractivity contribution in [2.45, 2.75) is 11.4 Å². The molecule has 3 aromatic rings. The van der Waals surface area contributed by atoms with E-state index in [0.29, 0.717) is 28.3 Å². The fraction of sp³-hybridized carbons (Fsp3) is 0.200. The number of anilines is 1. The molecule has 1 aliphatic rings. The van der Waals surface area contributed by atoms with E-state index in [2.05, 4.69) is 0 Å². The summed E-state index contributed by atoms with van der Waals surface area (Å²) in [5, 5.41) is 0.268. The maximum Gasteiger partial charge on any atom is 0.337 e. The monoisotopic (exact) mass is 485 g/mol. The van der Waals surface area contributed by atoms with E-state index >= 15 is 0 Å². The molecule has 8 heteroatoms. The quantitative estimate of drug-likeness (QED) is 0.355. The van der Waals surface area contributed by atoms with E-state index in [1.165, 1.54) is 19.2 Å². The van der Waals surface area contributed by atoms with Gasteiger partial charge < -0.3 is 19.1 Å². The molecule has 4 rings (SSSR count). The summed E-state index contributed by atoms with van der Waals surface area (Å²) in [6, 6.07) is 17.2. The van der Waals surface area contributed by atoms with Crippen LogP contribution in [-0.2, 0) is 21.0 Å². The molecule has 0 saturated carbocycles. The van der Waals surface area contributed by atoms with Gasteiger partial charge in [0, 0.05) is 33.5 Å². The molecule has 0 aromatic heterocycles. The lowest BCUT2D eigenvalue weighted by atomic mass is 9.90. The van der Waals surface area contributed by atoms with Gasteiger partial charge in [-0.05, 0) is 36.4 Å². The van der Waals surface area contributed by atoms with Crippen molar-refractivity contribution in [2.24, 2.45) is 0 Å². The van der Waals surface area contributed by atoms with Gasteiger partial charge in [0.2, 0.25) is 0 Å². The smallest absolute Gasteiger partial charge is 0.337 e. The number of esters is 1. The largest absolute Gasteiger partial charge is 0.497 e. The minimum absolute atomic E-state index is 0.214. The molecule has 33 heavy (non-hydrogen) atoms.